The predicted molar refractivity (Wildman–Crippen MR) is 79.7 cm³/mol. The van der Waals surface area contributed by atoms with E-state index in [9.17, 15) is 5.11 Å². The molecule has 5 heteroatoms. The zero-order valence-corrected chi connectivity index (χ0v) is 10.9. The first kappa shape index (κ1) is 11.7. The summed E-state index contributed by atoms with van der Waals surface area (Å²) < 4.78 is 0. The van der Waals surface area contributed by atoms with Crippen molar-refractivity contribution in [3.05, 3.63) is 54.7 Å². The zero-order chi connectivity index (χ0) is 14.2. The lowest BCUT2D eigenvalue weighted by atomic mass is 10.1. The molecule has 0 unspecified atom stereocenters. The van der Waals surface area contributed by atoms with E-state index in [0.717, 1.165) is 10.9 Å². The molecule has 0 aliphatic carbocycles. The van der Waals surface area contributed by atoms with Crippen molar-refractivity contribution in [3.63, 3.8) is 0 Å². The molecule has 4 aromatic rings. The summed E-state index contributed by atoms with van der Waals surface area (Å²) in [5.41, 5.74) is 2.78. The molecular weight excluding hydrogens is 264 g/mol. The van der Waals surface area contributed by atoms with Gasteiger partial charge in [-0.05, 0) is 18.2 Å². The number of phenols is 1. The minimum Gasteiger partial charge on any atom is -0.507 e. The van der Waals surface area contributed by atoms with E-state index in [-0.39, 0.29) is 5.75 Å². The van der Waals surface area contributed by atoms with E-state index in [2.05, 4.69) is 20.2 Å². The molecule has 5 nitrogen and oxygen atoms in total. The van der Waals surface area contributed by atoms with E-state index in [1.807, 2.05) is 30.3 Å². The molecule has 2 heterocycles. The summed E-state index contributed by atoms with van der Waals surface area (Å²) in [6.07, 6.45) is 1.68. The molecule has 0 radical (unpaired) electrons. The molecule has 2 aromatic heterocycles. The molecule has 0 aliphatic rings. The lowest BCUT2D eigenvalue weighted by Crippen LogP contribution is -1.96. The first-order valence-corrected chi connectivity index (χ1v) is 6.49. The Morgan fingerprint density at radius 2 is 1.62 bits per heavy atom. The van der Waals surface area contributed by atoms with Gasteiger partial charge in [0, 0.05) is 5.39 Å². The molecule has 4 rings (SSSR count). The maximum absolute atomic E-state index is 9.88. The summed E-state index contributed by atoms with van der Waals surface area (Å²) in [7, 11) is 0. The van der Waals surface area contributed by atoms with Crippen molar-refractivity contribution in [3.8, 4) is 17.1 Å². The highest BCUT2D eigenvalue weighted by molar-refractivity contribution is 6.01. The second-order valence-corrected chi connectivity index (χ2v) is 4.66. The summed E-state index contributed by atoms with van der Waals surface area (Å²) in [6, 6.07) is 14.7. The van der Waals surface area contributed by atoms with Gasteiger partial charge in [0.15, 0.2) is 5.82 Å². The van der Waals surface area contributed by atoms with E-state index < -0.39 is 0 Å². The monoisotopic (exact) mass is 274 g/mol. The average molecular weight is 274 g/mol. The third kappa shape index (κ3) is 1.87. The van der Waals surface area contributed by atoms with E-state index >= 15 is 0 Å². The molecule has 0 saturated carbocycles. The van der Waals surface area contributed by atoms with Crippen LogP contribution in [0.1, 0.15) is 0 Å². The highest BCUT2D eigenvalue weighted by Crippen LogP contribution is 2.27. The standard InChI is InChI=1S/C16H10N4O/c21-14-8-4-2-6-11(14)16-18-13-9-17-12-7-3-1-5-10(12)15(13)19-20-16/h1-9,21H. The van der Waals surface area contributed by atoms with Gasteiger partial charge in [-0.3, -0.25) is 4.98 Å². The van der Waals surface area contributed by atoms with Crippen LogP contribution in [0.2, 0.25) is 0 Å². The minimum atomic E-state index is 0.132. The fourth-order valence-corrected chi connectivity index (χ4v) is 2.31. The summed E-state index contributed by atoms with van der Waals surface area (Å²) in [5.74, 6) is 0.519. The van der Waals surface area contributed by atoms with Gasteiger partial charge in [-0.25, -0.2) is 4.98 Å². The summed E-state index contributed by atoms with van der Waals surface area (Å²) in [5, 5.41) is 19.2. The molecule has 0 atom stereocenters. The number of aromatic hydroxyl groups is 1. The molecule has 0 bridgehead atoms. The molecular formula is C16H10N4O. The maximum atomic E-state index is 9.88. The second-order valence-electron chi connectivity index (χ2n) is 4.66. The minimum absolute atomic E-state index is 0.132. The maximum Gasteiger partial charge on any atom is 0.186 e. The molecule has 2 aromatic carbocycles. The highest BCUT2D eigenvalue weighted by Gasteiger charge is 2.10. The molecule has 0 amide bonds. The van der Waals surface area contributed by atoms with Crippen LogP contribution in [-0.4, -0.2) is 25.3 Å². The van der Waals surface area contributed by atoms with Crippen molar-refractivity contribution in [2.75, 3.05) is 0 Å². The largest absolute Gasteiger partial charge is 0.507 e. The van der Waals surface area contributed by atoms with Crippen LogP contribution in [0, 0.1) is 0 Å². The van der Waals surface area contributed by atoms with Crippen LogP contribution >= 0.6 is 0 Å². The van der Waals surface area contributed by atoms with Gasteiger partial charge in [0.1, 0.15) is 16.8 Å². The Balaban J connectivity index is 1.99. The van der Waals surface area contributed by atoms with E-state index in [1.54, 1.807) is 24.4 Å². The molecule has 1 N–H and O–H groups in total. The highest BCUT2D eigenvalue weighted by atomic mass is 16.3. The number of aromatic nitrogens is 4. The Kier molecular flexibility index (Phi) is 2.50. The SMILES string of the molecule is Oc1ccccc1-c1nnc2c(cnc3ccccc32)n1. The molecule has 21 heavy (non-hydrogen) atoms. The van der Waals surface area contributed by atoms with Crippen molar-refractivity contribution in [2.24, 2.45) is 0 Å². The third-order valence-corrected chi connectivity index (χ3v) is 3.34. The number of hydrogen-bond acceptors (Lipinski definition) is 5. The number of fused-ring (bicyclic) bond motifs is 3. The van der Waals surface area contributed by atoms with Gasteiger partial charge in [-0.2, -0.15) is 0 Å². The summed E-state index contributed by atoms with van der Waals surface area (Å²) in [4.78, 5) is 8.83. The molecule has 0 saturated heterocycles. The van der Waals surface area contributed by atoms with Gasteiger partial charge in [-0.15, -0.1) is 10.2 Å². The summed E-state index contributed by atoms with van der Waals surface area (Å²) >= 11 is 0. The van der Waals surface area contributed by atoms with Gasteiger partial charge in [0.2, 0.25) is 0 Å². The van der Waals surface area contributed by atoms with E-state index in [0.29, 0.717) is 22.4 Å². The number of benzene rings is 2. The smallest absolute Gasteiger partial charge is 0.186 e. The lowest BCUT2D eigenvalue weighted by Gasteiger charge is -2.04. The predicted octanol–water partition coefficient (Wildman–Crippen LogP) is 2.95. The van der Waals surface area contributed by atoms with Crippen LogP contribution in [0.4, 0.5) is 0 Å². The van der Waals surface area contributed by atoms with Crippen molar-refractivity contribution < 1.29 is 5.11 Å². The molecule has 0 aliphatic heterocycles. The molecule has 0 fully saturated rings. The van der Waals surface area contributed by atoms with Gasteiger partial charge < -0.3 is 5.11 Å². The summed E-state index contributed by atoms with van der Waals surface area (Å²) in [6.45, 7) is 0. The first-order valence-electron chi connectivity index (χ1n) is 6.49. The number of pyridine rings is 1. The fourth-order valence-electron chi connectivity index (χ4n) is 2.31. The van der Waals surface area contributed by atoms with Crippen LogP contribution in [0.15, 0.2) is 54.7 Å². The Labute approximate surface area is 119 Å². The topological polar surface area (TPSA) is 71.8 Å². The molecule has 100 valence electrons. The van der Waals surface area contributed by atoms with Crippen LogP contribution < -0.4 is 0 Å². The van der Waals surface area contributed by atoms with Gasteiger partial charge in [0.25, 0.3) is 0 Å². The van der Waals surface area contributed by atoms with Gasteiger partial charge in [0.05, 0.1) is 17.3 Å². The number of phenolic OH excluding ortho intramolecular Hbond substituents is 1. The van der Waals surface area contributed by atoms with Crippen LogP contribution in [0.5, 0.6) is 5.75 Å². The Bertz CT molecular complexity index is 968. The Morgan fingerprint density at radius 1 is 0.810 bits per heavy atom. The van der Waals surface area contributed by atoms with Crippen molar-refractivity contribution in [1.29, 1.82) is 0 Å². The van der Waals surface area contributed by atoms with Crippen molar-refractivity contribution >= 4 is 21.9 Å². The second kappa shape index (κ2) is 4.49. The third-order valence-electron chi connectivity index (χ3n) is 3.34. The van der Waals surface area contributed by atoms with Crippen LogP contribution in [0.3, 0.4) is 0 Å². The number of hydrogen-bond donors (Lipinski definition) is 1. The average Bonchev–Trinajstić information content (AvgIpc) is 2.54. The van der Waals surface area contributed by atoms with E-state index in [1.165, 1.54) is 0 Å². The first-order chi connectivity index (χ1) is 10.3. The number of rotatable bonds is 1. The van der Waals surface area contributed by atoms with Crippen molar-refractivity contribution in [1.82, 2.24) is 20.2 Å². The normalized spacial score (nSPS) is 11.0. The van der Waals surface area contributed by atoms with Gasteiger partial charge in [-0.1, -0.05) is 30.3 Å². The van der Waals surface area contributed by atoms with Gasteiger partial charge >= 0.3 is 0 Å². The Morgan fingerprint density at radius 3 is 2.52 bits per heavy atom. The number of nitrogens with zero attached hydrogens (tertiary/aromatic N) is 4. The van der Waals surface area contributed by atoms with Crippen LogP contribution in [-0.2, 0) is 0 Å². The quantitative estimate of drug-likeness (QED) is 0.540. The van der Waals surface area contributed by atoms with Crippen LogP contribution in [0.25, 0.3) is 33.3 Å². The lowest BCUT2D eigenvalue weighted by molar-refractivity contribution is 0.477. The molecule has 0 spiro atoms. The zero-order valence-electron chi connectivity index (χ0n) is 10.9. The Hall–Kier alpha value is -3.08. The van der Waals surface area contributed by atoms with E-state index in [4.69, 9.17) is 0 Å². The van der Waals surface area contributed by atoms with Crippen molar-refractivity contribution in [2.45, 2.75) is 0 Å². The fraction of sp³-hybridized carbons (Fsp3) is 0. The number of para-hydroxylation sites is 2.